The highest BCUT2D eigenvalue weighted by Gasteiger charge is 2.24. The molecule has 1 aliphatic carbocycles. The van der Waals surface area contributed by atoms with Crippen LogP contribution in [-0.4, -0.2) is 35.5 Å². The van der Waals surface area contributed by atoms with Crippen molar-refractivity contribution in [3.63, 3.8) is 0 Å². The predicted octanol–water partition coefficient (Wildman–Crippen LogP) is 3.91. The van der Waals surface area contributed by atoms with Gasteiger partial charge in [0.1, 0.15) is 17.0 Å². The molecule has 0 atom stereocenters. The van der Waals surface area contributed by atoms with Crippen molar-refractivity contribution in [3.05, 3.63) is 16.8 Å². The number of anilines is 1. The van der Waals surface area contributed by atoms with E-state index in [0.717, 1.165) is 32.9 Å². The van der Waals surface area contributed by atoms with Crippen LogP contribution in [0.1, 0.15) is 60.7 Å². The van der Waals surface area contributed by atoms with Crippen molar-refractivity contribution in [2.75, 3.05) is 18.5 Å². The zero-order chi connectivity index (χ0) is 17.1. The number of nitrogens with one attached hydrogen (secondary N) is 1. The summed E-state index contributed by atoms with van der Waals surface area (Å²) in [7, 11) is 2.13. The molecule has 130 valence electrons. The molecule has 1 saturated carbocycles. The molecule has 5 nitrogen and oxygen atoms in total. The van der Waals surface area contributed by atoms with Crippen LogP contribution < -0.4 is 10.2 Å². The largest absolute Gasteiger partial charge is 0.356 e. The minimum atomic E-state index is 0.00335. The van der Waals surface area contributed by atoms with Crippen LogP contribution in [0.5, 0.6) is 0 Å². The molecule has 0 spiro atoms. The molecule has 0 radical (unpaired) electrons. The number of hydrogen-bond donors (Lipinski definition) is 1. The Labute approximate surface area is 147 Å². The lowest BCUT2D eigenvalue weighted by Crippen LogP contribution is -2.34. The molecule has 2 heterocycles. The summed E-state index contributed by atoms with van der Waals surface area (Å²) in [6.45, 7) is 4.77. The van der Waals surface area contributed by atoms with E-state index in [1.54, 1.807) is 6.33 Å². The number of rotatable bonds is 5. The normalized spacial score (nSPS) is 15.6. The predicted molar refractivity (Wildman–Crippen MR) is 100 cm³/mol. The van der Waals surface area contributed by atoms with Gasteiger partial charge in [-0.25, -0.2) is 9.97 Å². The molecule has 0 bridgehead atoms. The summed E-state index contributed by atoms with van der Waals surface area (Å²) in [5.41, 5.74) is 1.00. The number of carbonyl (C=O) groups is 1. The first-order valence-corrected chi connectivity index (χ1v) is 9.70. The summed E-state index contributed by atoms with van der Waals surface area (Å²) in [6.07, 6.45) is 8.91. The van der Waals surface area contributed by atoms with Crippen molar-refractivity contribution in [1.29, 1.82) is 0 Å². The van der Waals surface area contributed by atoms with Crippen LogP contribution >= 0.6 is 11.3 Å². The lowest BCUT2D eigenvalue weighted by Gasteiger charge is -2.32. The van der Waals surface area contributed by atoms with Crippen molar-refractivity contribution >= 4 is 33.3 Å². The number of aromatic nitrogens is 2. The van der Waals surface area contributed by atoms with E-state index in [1.165, 1.54) is 43.4 Å². The molecule has 0 aliphatic heterocycles. The van der Waals surface area contributed by atoms with Crippen LogP contribution in [-0.2, 0) is 0 Å². The van der Waals surface area contributed by atoms with E-state index in [1.807, 2.05) is 6.92 Å². The van der Waals surface area contributed by atoms with Gasteiger partial charge in [-0.1, -0.05) is 26.2 Å². The lowest BCUT2D eigenvalue weighted by atomic mass is 9.94. The van der Waals surface area contributed by atoms with Gasteiger partial charge in [0.25, 0.3) is 5.91 Å². The number of hydrogen-bond acceptors (Lipinski definition) is 5. The highest BCUT2D eigenvalue weighted by Crippen LogP contribution is 2.36. The van der Waals surface area contributed by atoms with Gasteiger partial charge in [-0.2, -0.15) is 0 Å². The Hall–Kier alpha value is -1.69. The van der Waals surface area contributed by atoms with Gasteiger partial charge in [0.2, 0.25) is 0 Å². The van der Waals surface area contributed by atoms with E-state index in [2.05, 4.69) is 34.2 Å². The Morgan fingerprint density at radius 3 is 2.79 bits per heavy atom. The van der Waals surface area contributed by atoms with Gasteiger partial charge in [0.05, 0.1) is 10.3 Å². The smallest absolute Gasteiger partial charge is 0.261 e. The molecule has 24 heavy (non-hydrogen) atoms. The van der Waals surface area contributed by atoms with Gasteiger partial charge in [0.15, 0.2) is 0 Å². The third-order valence-corrected chi connectivity index (χ3v) is 6.10. The Morgan fingerprint density at radius 2 is 2.08 bits per heavy atom. The maximum absolute atomic E-state index is 12.4. The van der Waals surface area contributed by atoms with E-state index >= 15 is 0 Å². The Balaban J connectivity index is 1.97. The van der Waals surface area contributed by atoms with Crippen molar-refractivity contribution in [3.8, 4) is 0 Å². The Kier molecular flexibility index (Phi) is 5.33. The molecule has 1 fully saturated rings. The van der Waals surface area contributed by atoms with Crippen LogP contribution in [0.2, 0.25) is 0 Å². The van der Waals surface area contributed by atoms with Crippen LogP contribution in [0.4, 0.5) is 5.82 Å². The maximum atomic E-state index is 12.4. The molecule has 2 aromatic rings. The van der Waals surface area contributed by atoms with Crippen molar-refractivity contribution in [2.24, 2.45) is 0 Å². The summed E-state index contributed by atoms with van der Waals surface area (Å²) in [5.74, 6) is 0.971. The number of thiophene rings is 1. The SMILES string of the molecule is CCCNC(=O)c1sc2ncnc(N(C)C3CCCCC3)c2c1C. The van der Waals surface area contributed by atoms with Gasteiger partial charge in [-0.05, 0) is 31.7 Å². The van der Waals surface area contributed by atoms with Crippen LogP contribution in [0.25, 0.3) is 10.2 Å². The zero-order valence-corrected chi connectivity index (χ0v) is 15.6. The monoisotopic (exact) mass is 346 g/mol. The molecule has 2 aromatic heterocycles. The number of carbonyl (C=O) groups excluding carboxylic acids is 1. The third-order valence-electron chi connectivity index (χ3n) is 4.91. The van der Waals surface area contributed by atoms with Crippen LogP contribution in [0.3, 0.4) is 0 Å². The number of fused-ring (bicyclic) bond motifs is 1. The van der Waals surface area contributed by atoms with Crippen molar-refractivity contribution in [1.82, 2.24) is 15.3 Å². The molecule has 1 aliphatic rings. The summed E-state index contributed by atoms with van der Waals surface area (Å²) in [4.78, 5) is 25.4. The van der Waals surface area contributed by atoms with Gasteiger partial charge in [-0.3, -0.25) is 4.79 Å². The maximum Gasteiger partial charge on any atom is 0.261 e. The molecule has 0 aromatic carbocycles. The fourth-order valence-corrected chi connectivity index (χ4v) is 4.56. The first kappa shape index (κ1) is 17.1. The first-order chi connectivity index (χ1) is 11.6. The second kappa shape index (κ2) is 7.47. The second-order valence-electron chi connectivity index (χ2n) is 6.59. The van der Waals surface area contributed by atoms with Gasteiger partial charge >= 0.3 is 0 Å². The Bertz CT molecular complexity index is 721. The first-order valence-electron chi connectivity index (χ1n) is 8.88. The quantitative estimate of drug-likeness (QED) is 0.892. The fourth-order valence-electron chi connectivity index (χ4n) is 3.50. The third kappa shape index (κ3) is 3.24. The zero-order valence-electron chi connectivity index (χ0n) is 14.8. The van der Waals surface area contributed by atoms with Crippen molar-refractivity contribution in [2.45, 2.75) is 58.4 Å². The molecule has 1 N–H and O–H groups in total. The summed E-state index contributed by atoms with van der Waals surface area (Å²) < 4.78 is 0. The molecule has 0 saturated heterocycles. The Morgan fingerprint density at radius 1 is 1.33 bits per heavy atom. The summed E-state index contributed by atoms with van der Waals surface area (Å²) in [5, 5.41) is 4.01. The fraction of sp³-hybridized carbons (Fsp3) is 0.611. The molecular weight excluding hydrogens is 320 g/mol. The standard InChI is InChI=1S/C18H26N4OS/c1-4-10-19-17(23)15-12(2)14-16(20-11-21-18(14)24-15)22(3)13-8-6-5-7-9-13/h11,13H,4-10H2,1-3H3,(H,19,23). The van der Waals surface area contributed by atoms with E-state index in [-0.39, 0.29) is 5.91 Å². The lowest BCUT2D eigenvalue weighted by molar-refractivity contribution is 0.0957. The van der Waals surface area contributed by atoms with Gasteiger partial charge in [0, 0.05) is 19.6 Å². The van der Waals surface area contributed by atoms with E-state index < -0.39 is 0 Å². The second-order valence-corrected chi connectivity index (χ2v) is 7.59. The average Bonchev–Trinajstić information content (AvgIpc) is 2.97. The minimum Gasteiger partial charge on any atom is -0.356 e. The van der Waals surface area contributed by atoms with Gasteiger partial charge in [-0.15, -0.1) is 11.3 Å². The highest BCUT2D eigenvalue weighted by atomic mass is 32.1. The number of aryl methyl sites for hydroxylation is 1. The molecule has 6 heteroatoms. The average molecular weight is 347 g/mol. The molecule has 3 rings (SSSR count). The molecule has 0 unspecified atom stereocenters. The number of nitrogens with zero attached hydrogens (tertiary/aromatic N) is 3. The van der Waals surface area contributed by atoms with Gasteiger partial charge < -0.3 is 10.2 Å². The minimum absolute atomic E-state index is 0.00335. The van der Waals surface area contributed by atoms with E-state index in [9.17, 15) is 4.79 Å². The summed E-state index contributed by atoms with van der Waals surface area (Å²) >= 11 is 1.47. The number of amides is 1. The van der Waals surface area contributed by atoms with E-state index in [0.29, 0.717) is 12.6 Å². The topological polar surface area (TPSA) is 58.1 Å². The molecular formula is C18H26N4OS. The van der Waals surface area contributed by atoms with Crippen LogP contribution in [0, 0.1) is 6.92 Å². The van der Waals surface area contributed by atoms with Crippen molar-refractivity contribution < 1.29 is 4.79 Å². The van der Waals surface area contributed by atoms with E-state index in [4.69, 9.17) is 0 Å². The molecule has 1 amide bonds. The summed E-state index contributed by atoms with van der Waals surface area (Å²) in [6, 6.07) is 0.536. The highest BCUT2D eigenvalue weighted by molar-refractivity contribution is 7.20. The van der Waals surface area contributed by atoms with Crippen LogP contribution in [0.15, 0.2) is 6.33 Å².